The molecule has 7 nitrogen and oxygen atoms in total. The Labute approximate surface area is 125 Å². The molecule has 3 atom stereocenters. The number of nitrogens with zero attached hydrogens (tertiary/aromatic N) is 2. The Morgan fingerprint density at radius 1 is 1.62 bits per heavy atom. The number of amides is 1. The molecule has 3 unspecified atom stereocenters. The van der Waals surface area contributed by atoms with Crippen molar-refractivity contribution in [2.24, 2.45) is 16.8 Å². The van der Waals surface area contributed by atoms with Crippen LogP contribution in [0.4, 0.5) is 0 Å². The van der Waals surface area contributed by atoms with Crippen molar-refractivity contribution < 1.29 is 14.7 Å². The molecule has 2 aliphatic heterocycles. The second-order valence-corrected chi connectivity index (χ2v) is 5.86. The fourth-order valence-corrected chi connectivity index (χ4v) is 3.12. The molecule has 120 valence electrons. The van der Waals surface area contributed by atoms with Crippen molar-refractivity contribution in [1.29, 1.82) is 0 Å². The van der Waals surface area contributed by atoms with Gasteiger partial charge < -0.3 is 21.0 Å². The third kappa shape index (κ3) is 4.07. The van der Waals surface area contributed by atoms with E-state index in [0.29, 0.717) is 19.0 Å². The number of oxime groups is 1. The summed E-state index contributed by atoms with van der Waals surface area (Å²) < 4.78 is 5.80. The summed E-state index contributed by atoms with van der Waals surface area (Å²) in [5.74, 6) is -0.791. The minimum absolute atomic E-state index is 0.0258. The van der Waals surface area contributed by atoms with E-state index >= 15 is 0 Å². The Kier molecular flexibility index (Phi) is 5.81. The van der Waals surface area contributed by atoms with Gasteiger partial charge in [-0.05, 0) is 25.8 Å². The monoisotopic (exact) mass is 298 g/mol. The fourth-order valence-electron chi connectivity index (χ4n) is 3.12. The lowest BCUT2D eigenvalue weighted by atomic mass is 10.0. The van der Waals surface area contributed by atoms with Gasteiger partial charge in [0.2, 0.25) is 5.91 Å². The molecule has 0 aromatic rings. The number of hydrogen-bond acceptors (Lipinski definition) is 5. The van der Waals surface area contributed by atoms with Crippen LogP contribution in [0.3, 0.4) is 0 Å². The van der Waals surface area contributed by atoms with Gasteiger partial charge in [0.05, 0.1) is 18.6 Å². The summed E-state index contributed by atoms with van der Waals surface area (Å²) in [5.41, 5.74) is 5.58. The Morgan fingerprint density at radius 3 is 3.14 bits per heavy atom. The van der Waals surface area contributed by atoms with Crippen LogP contribution in [-0.2, 0) is 9.53 Å². The zero-order valence-corrected chi connectivity index (χ0v) is 12.6. The topological polar surface area (TPSA) is 100 Å². The number of morpholine rings is 1. The number of rotatable bonds is 6. The average molecular weight is 298 g/mol. The zero-order valence-electron chi connectivity index (χ0n) is 12.6. The molecule has 2 saturated heterocycles. The number of nitrogens with two attached hydrogens (primary N) is 1. The number of carbonyl (C=O) groups excluding carboxylic acids is 1. The van der Waals surface area contributed by atoms with Crippen molar-refractivity contribution in [3.63, 3.8) is 0 Å². The summed E-state index contributed by atoms with van der Waals surface area (Å²) in [4.78, 5) is 14.6. The largest absolute Gasteiger partial charge is 0.409 e. The van der Waals surface area contributed by atoms with Gasteiger partial charge in [0.25, 0.3) is 0 Å². The molecule has 0 spiro atoms. The summed E-state index contributed by atoms with van der Waals surface area (Å²) >= 11 is 0. The zero-order chi connectivity index (χ0) is 15.2. The van der Waals surface area contributed by atoms with Gasteiger partial charge in [0, 0.05) is 19.1 Å². The molecule has 4 N–H and O–H groups in total. The molecule has 0 aromatic heterocycles. The van der Waals surface area contributed by atoms with Crippen molar-refractivity contribution in [2.75, 3.05) is 26.2 Å². The normalized spacial score (nSPS) is 28.1. The fraction of sp³-hybridized carbons (Fsp3) is 0.857. The molecule has 2 aliphatic rings. The quantitative estimate of drug-likeness (QED) is 0.280. The number of fused-ring (bicyclic) bond motifs is 1. The summed E-state index contributed by atoms with van der Waals surface area (Å²) in [7, 11) is 0. The molecule has 2 fully saturated rings. The number of hydrogen-bond donors (Lipinski definition) is 3. The van der Waals surface area contributed by atoms with Gasteiger partial charge in [-0.2, -0.15) is 0 Å². The van der Waals surface area contributed by atoms with Crippen molar-refractivity contribution in [2.45, 2.75) is 44.8 Å². The van der Waals surface area contributed by atoms with Crippen LogP contribution < -0.4 is 11.1 Å². The predicted molar refractivity (Wildman–Crippen MR) is 79.2 cm³/mol. The van der Waals surface area contributed by atoms with Crippen LogP contribution in [0.1, 0.15) is 32.6 Å². The number of carbonyl (C=O) groups is 1. The number of amidine groups is 1. The van der Waals surface area contributed by atoms with E-state index in [4.69, 9.17) is 15.7 Å². The molecule has 0 radical (unpaired) electrons. The summed E-state index contributed by atoms with van der Waals surface area (Å²) in [5, 5.41) is 14.6. The molecule has 1 amide bonds. The van der Waals surface area contributed by atoms with E-state index in [1.54, 1.807) is 0 Å². The molecular formula is C14H26N4O3. The summed E-state index contributed by atoms with van der Waals surface area (Å²) in [6, 6.07) is 0.557. The molecule has 0 aromatic carbocycles. The van der Waals surface area contributed by atoms with E-state index in [0.717, 1.165) is 26.1 Å². The van der Waals surface area contributed by atoms with Gasteiger partial charge in [-0.3, -0.25) is 9.69 Å². The van der Waals surface area contributed by atoms with Crippen LogP contribution in [0.2, 0.25) is 0 Å². The number of nitrogens with one attached hydrogen (secondary N) is 1. The van der Waals surface area contributed by atoms with Crippen LogP contribution in [0, 0.1) is 5.92 Å². The van der Waals surface area contributed by atoms with Crippen LogP contribution in [0.15, 0.2) is 5.16 Å². The van der Waals surface area contributed by atoms with Crippen molar-refractivity contribution in [1.82, 2.24) is 10.2 Å². The van der Waals surface area contributed by atoms with E-state index in [1.807, 2.05) is 6.92 Å². The third-order valence-electron chi connectivity index (χ3n) is 4.33. The highest BCUT2D eigenvalue weighted by molar-refractivity contribution is 6.02. The van der Waals surface area contributed by atoms with Gasteiger partial charge >= 0.3 is 0 Å². The molecule has 0 saturated carbocycles. The molecule has 2 heterocycles. The first-order chi connectivity index (χ1) is 10.2. The first-order valence-corrected chi connectivity index (χ1v) is 7.76. The van der Waals surface area contributed by atoms with E-state index in [1.165, 1.54) is 12.8 Å². The lowest BCUT2D eigenvalue weighted by molar-refractivity contribution is -0.124. The van der Waals surface area contributed by atoms with Crippen LogP contribution in [0.25, 0.3) is 0 Å². The lowest BCUT2D eigenvalue weighted by Crippen LogP contribution is -2.51. The Bertz CT molecular complexity index is 388. The van der Waals surface area contributed by atoms with E-state index < -0.39 is 5.92 Å². The van der Waals surface area contributed by atoms with Crippen molar-refractivity contribution in [3.8, 4) is 0 Å². The minimum Gasteiger partial charge on any atom is -0.409 e. The molecule has 0 aliphatic carbocycles. The Balaban J connectivity index is 1.79. The van der Waals surface area contributed by atoms with Crippen LogP contribution in [0.5, 0.6) is 0 Å². The minimum atomic E-state index is -0.567. The summed E-state index contributed by atoms with van der Waals surface area (Å²) in [6.07, 6.45) is 3.83. The Morgan fingerprint density at radius 2 is 2.43 bits per heavy atom. The molecule has 0 bridgehead atoms. The van der Waals surface area contributed by atoms with Gasteiger partial charge in [-0.25, -0.2) is 0 Å². The van der Waals surface area contributed by atoms with Gasteiger partial charge in [0.1, 0.15) is 0 Å². The molecule has 21 heavy (non-hydrogen) atoms. The predicted octanol–water partition coefficient (Wildman–Crippen LogP) is 0.129. The summed E-state index contributed by atoms with van der Waals surface area (Å²) in [6.45, 7) is 5.18. The van der Waals surface area contributed by atoms with E-state index in [2.05, 4.69) is 15.4 Å². The van der Waals surface area contributed by atoms with Gasteiger partial charge in [-0.15, -0.1) is 0 Å². The third-order valence-corrected chi connectivity index (χ3v) is 4.33. The molecular weight excluding hydrogens is 272 g/mol. The highest BCUT2D eigenvalue weighted by atomic mass is 16.5. The Hall–Kier alpha value is -1.34. The maximum Gasteiger partial charge on any atom is 0.230 e. The smallest absolute Gasteiger partial charge is 0.230 e. The number of ether oxygens (including phenoxy) is 1. The standard InChI is InChI=1S/C14H26N4O3/c1-2-4-12(13(15)17-20)14(19)16-7-11-8-18-6-3-5-10(18)9-21-11/h10-12,20H,2-9H2,1H3,(H2,15,17)(H,16,19). The SMILES string of the molecule is CCCC(C(=O)NCC1CN2CCCC2CO1)C(N)=NO. The first kappa shape index (κ1) is 16.0. The van der Waals surface area contributed by atoms with Gasteiger partial charge in [0.15, 0.2) is 5.84 Å². The first-order valence-electron chi connectivity index (χ1n) is 7.76. The highest BCUT2D eigenvalue weighted by Gasteiger charge is 2.32. The molecule has 7 heteroatoms. The van der Waals surface area contributed by atoms with E-state index in [9.17, 15) is 4.79 Å². The molecule has 2 rings (SSSR count). The van der Waals surface area contributed by atoms with Gasteiger partial charge in [-0.1, -0.05) is 18.5 Å². The van der Waals surface area contributed by atoms with Crippen molar-refractivity contribution in [3.05, 3.63) is 0 Å². The maximum absolute atomic E-state index is 12.2. The second kappa shape index (κ2) is 7.61. The van der Waals surface area contributed by atoms with Crippen molar-refractivity contribution >= 4 is 11.7 Å². The van der Waals surface area contributed by atoms with E-state index in [-0.39, 0.29) is 17.8 Å². The second-order valence-electron chi connectivity index (χ2n) is 5.86. The van der Waals surface area contributed by atoms with Crippen LogP contribution in [-0.4, -0.2) is 60.2 Å². The van der Waals surface area contributed by atoms with Crippen LogP contribution >= 0.6 is 0 Å². The highest BCUT2D eigenvalue weighted by Crippen LogP contribution is 2.22. The lowest BCUT2D eigenvalue weighted by Gasteiger charge is -2.35. The maximum atomic E-state index is 12.2. The average Bonchev–Trinajstić information content (AvgIpc) is 2.97.